The smallest absolute Gasteiger partial charge is 0.426 e. The zero-order valence-electron chi connectivity index (χ0n) is 11.2. The highest BCUT2D eigenvalue weighted by molar-refractivity contribution is 5.73. The average molecular weight is 266 g/mol. The molecule has 0 saturated heterocycles. The van der Waals surface area contributed by atoms with Crippen molar-refractivity contribution in [3.63, 3.8) is 0 Å². The zero-order valence-corrected chi connectivity index (χ0v) is 11.2. The van der Waals surface area contributed by atoms with E-state index in [1.807, 2.05) is 30.3 Å². The maximum atomic E-state index is 11.5. The third kappa shape index (κ3) is 4.87. The quantitative estimate of drug-likeness (QED) is 0.806. The summed E-state index contributed by atoms with van der Waals surface area (Å²) in [5, 5.41) is 9.80. The van der Waals surface area contributed by atoms with Crippen LogP contribution in [-0.4, -0.2) is 27.8 Å². The van der Waals surface area contributed by atoms with Crippen LogP contribution in [0.4, 0.5) is 9.59 Å². The molecule has 6 nitrogen and oxygen atoms in total. The van der Waals surface area contributed by atoms with Crippen molar-refractivity contribution in [2.75, 3.05) is 0 Å². The number of amides is 2. The van der Waals surface area contributed by atoms with Gasteiger partial charge in [-0.05, 0) is 26.3 Å². The summed E-state index contributed by atoms with van der Waals surface area (Å²) in [5.74, 6) is 0. The van der Waals surface area contributed by atoms with E-state index in [-0.39, 0.29) is 6.61 Å². The van der Waals surface area contributed by atoms with E-state index in [0.717, 1.165) is 10.6 Å². The Balaban J connectivity index is 2.52. The molecule has 0 aliphatic heterocycles. The molecule has 6 heteroatoms. The molecule has 0 aliphatic rings. The lowest BCUT2D eigenvalue weighted by Gasteiger charge is -2.32. The molecule has 19 heavy (non-hydrogen) atoms. The van der Waals surface area contributed by atoms with Gasteiger partial charge in [0.2, 0.25) is 0 Å². The summed E-state index contributed by atoms with van der Waals surface area (Å²) in [6.45, 7) is 5.08. The normalized spacial score (nSPS) is 10.7. The van der Waals surface area contributed by atoms with Gasteiger partial charge in [0.25, 0.3) is 0 Å². The van der Waals surface area contributed by atoms with Crippen LogP contribution < -0.4 is 5.43 Å². The van der Waals surface area contributed by atoms with Gasteiger partial charge in [-0.2, -0.15) is 0 Å². The van der Waals surface area contributed by atoms with Crippen LogP contribution in [0.1, 0.15) is 26.3 Å². The predicted octanol–water partition coefficient (Wildman–Crippen LogP) is 2.61. The third-order valence-electron chi connectivity index (χ3n) is 2.28. The highest BCUT2D eigenvalue weighted by atomic mass is 16.6. The van der Waals surface area contributed by atoms with Crippen LogP contribution in [0.25, 0.3) is 0 Å². The van der Waals surface area contributed by atoms with E-state index in [9.17, 15) is 9.59 Å². The standard InChI is InChI=1S/C13H18N2O4/c1-13(2,3)15(12(17)18)14-11(16)19-9-10-7-5-4-6-8-10/h4-8H,9H2,1-3H3,(H,14,16)(H,17,18). The van der Waals surface area contributed by atoms with E-state index in [1.165, 1.54) is 0 Å². The van der Waals surface area contributed by atoms with Gasteiger partial charge in [0.1, 0.15) is 6.61 Å². The van der Waals surface area contributed by atoms with Crippen molar-refractivity contribution in [2.45, 2.75) is 32.9 Å². The lowest BCUT2D eigenvalue weighted by molar-refractivity contribution is 0.0497. The second kappa shape index (κ2) is 6.08. The molecule has 0 unspecified atom stereocenters. The number of carbonyl (C=O) groups is 2. The largest absolute Gasteiger partial charge is 0.464 e. The maximum absolute atomic E-state index is 11.5. The first kappa shape index (κ1) is 14.8. The molecule has 1 aromatic carbocycles. The van der Waals surface area contributed by atoms with Gasteiger partial charge in [0, 0.05) is 0 Å². The van der Waals surface area contributed by atoms with E-state index in [2.05, 4.69) is 5.43 Å². The highest BCUT2D eigenvalue weighted by Crippen LogP contribution is 2.10. The zero-order chi connectivity index (χ0) is 14.5. The molecule has 1 rings (SSSR count). The summed E-state index contributed by atoms with van der Waals surface area (Å²) in [4.78, 5) is 22.6. The number of hydrogen-bond acceptors (Lipinski definition) is 3. The Morgan fingerprint density at radius 3 is 2.32 bits per heavy atom. The van der Waals surface area contributed by atoms with Gasteiger partial charge in [0.15, 0.2) is 0 Å². The molecule has 0 fully saturated rings. The van der Waals surface area contributed by atoms with E-state index >= 15 is 0 Å². The Morgan fingerprint density at radius 2 is 1.84 bits per heavy atom. The van der Waals surface area contributed by atoms with E-state index in [1.54, 1.807) is 20.8 Å². The Morgan fingerprint density at radius 1 is 1.26 bits per heavy atom. The molecule has 0 heterocycles. The maximum Gasteiger partial charge on any atom is 0.426 e. The molecule has 1 aromatic rings. The second-order valence-corrected chi connectivity index (χ2v) is 4.96. The molecular weight excluding hydrogens is 248 g/mol. The van der Waals surface area contributed by atoms with Crippen LogP contribution in [0.5, 0.6) is 0 Å². The summed E-state index contributed by atoms with van der Waals surface area (Å²) >= 11 is 0. The lowest BCUT2D eigenvalue weighted by Crippen LogP contribution is -2.55. The van der Waals surface area contributed by atoms with Crippen LogP contribution in [0.2, 0.25) is 0 Å². The minimum atomic E-state index is -1.25. The molecule has 2 amide bonds. The van der Waals surface area contributed by atoms with Gasteiger partial charge >= 0.3 is 12.2 Å². The number of carbonyl (C=O) groups excluding carboxylic acids is 1. The SMILES string of the molecule is CC(C)(C)N(NC(=O)OCc1ccccc1)C(=O)O. The second-order valence-electron chi connectivity index (χ2n) is 4.96. The van der Waals surface area contributed by atoms with E-state index in [4.69, 9.17) is 9.84 Å². The molecule has 2 N–H and O–H groups in total. The van der Waals surface area contributed by atoms with Gasteiger partial charge in [-0.3, -0.25) is 0 Å². The molecule has 0 saturated carbocycles. The van der Waals surface area contributed by atoms with Crippen molar-refractivity contribution in [1.82, 2.24) is 10.4 Å². The average Bonchev–Trinajstić information content (AvgIpc) is 2.33. The van der Waals surface area contributed by atoms with E-state index in [0.29, 0.717) is 0 Å². The molecule has 0 bridgehead atoms. The monoisotopic (exact) mass is 266 g/mol. The fourth-order valence-corrected chi connectivity index (χ4v) is 1.35. The summed E-state index contributed by atoms with van der Waals surface area (Å²) in [6.07, 6.45) is -2.05. The molecule has 0 aromatic heterocycles. The third-order valence-corrected chi connectivity index (χ3v) is 2.28. The van der Waals surface area contributed by atoms with Gasteiger partial charge < -0.3 is 9.84 Å². The molecular formula is C13H18N2O4. The van der Waals surface area contributed by atoms with Crippen molar-refractivity contribution in [1.29, 1.82) is 0 Å². The number of hydrazine groups is 1. The number of hydrogen-bond donors (Lipinski definition) is 2. The lowest BCUT2D eigenvalue weighted by atomic mass is 10.1. The molecule has 0 radical (unpaired) electrons. The van der Waals surface area contributed by atoms with Crippen molar-refractivity contribution in [3.8, 4) is 0 Å². The number of benzene rings is 1. The van der Waals surface area contributed by atoms with Crippen LogP contribution >= 0.6 is 0 Å². The van der Waals surface area contributed by atoms with Crippen LogP contribution in [0.15, 0.2) is 30.3 Å². The Hall–Kier alpha value is -2.24. The summed E-state index contributed by atoms with van der Waals surface area (Å²) in [6, 6.07) is 9.14. The summed E-state index contributed by atoms with van der Waals surface area (Å²) in [5.41, 5.74) is 2.28. The summed E-state index contributed by atoms with van der Waals surface area (Å²) < 4.78 is 4.95. The first-order valence-corrected chi connectivity index (χ1v) is 5.81. The topological polar surface area (TPSA) is 78.9 Å². The Labute approximate surface area is 111 Å². The molecule has 0 spiro atoms. The highest BCUT2D eigenvalue weighted by Gasteiger charge is 2.28. The Kier molecular flexibility index (Phi) is 4.74. The fraction of sp³-hybridized carbons (Fsp3) is 0.385. The Bertz CT molecular complexity index is 440. The minimum Gasteiger partial charge on any atom is -0.464 e. The van der Waals surface area contributed by atoms with Crippen molar-refractivity contribution >= 4 is 12.2 Å². The van der Waals surface area contributed by atoms with Crippen molar-refractivity contribution in [3.05, 3.63) is 35.9 Å². The van der Waals surface area contributed by atoms with Crippen LogP contribution in [0, 0.1) is 0 Å². The van der Waals surface area contributed by atoms with Crippen molar-refractivity contribution in [2.24, 2.45) is 0 Å². The first-order valence-electron chi connectivity index (χ1n) is 5.81. The van der Waals surface area contributed by atoms with Gasteiger partial charge in [-0.1, -0.05) is 30.3 Å². The minimum absolute atomic E-state index is 0.0876. The summed E-state index contributed by atoms with van der Waals surface area (Å²) in [7, 11) is 0. The number of nitrogens with one attached hydrogen (secondary N) is 1. The first-order chi connectivity index (χ1) is 8.80. The van der Waals surface area contributed by atoms with Crippen LogP contribution in [0.3, 0.4) is 0 Å². The molecule has 104 valence electrons. The molecule has 0 atom stereocenters. The fourth-order valence-electron chi connectivity index (χ4n) is 1.35. The van der Waals surface area contributed by atoms with Crippen molar-refractivity contribution < 1.29 is 19.4 Å². The number of ether oxygens (including phenoxy) is 1. The number of nitrogens with zero attached hydrogens (tertiary/aromatic N) is 1. The number of carboxylic acid groups (broad SMARTS) is 1. The molecule has 0 aliphatic carbocycles. The predicted molar refractivity (Wildman–Crippen MR) is 69.4 cm³/mol. The van der Waals surface area contributed by atoms with Gasteiger partial charge in [-0.15, -0.1) is 0 Å². The van der Waals surface area contributed by atoms with Crippen LogP contribution in [-0.2, 0) is 11.3 Å². The van der Waals surface area contributed by atoms with E-state index < -0.39 is 17.7 Å². The number of rotatable bonds is 2. The van der Waals surface area contributed by atoms with Gasteiger partial charge in [0.05, 0.1) is 5.54 Å². The van der Waals surface area contributed by atoms with Gasteiger partial charge in [-0.25, -0.2) is 20.0 Å².